The molecule has 2 atom stereocenters. The number of benzene rings is 1. The molecule has 0 aliphatic heterocycles. The van der Waals surface area contributed by atoms with Crippen LogP contribution in [0.2, 0.25) is 0 Å². The van der Waals surface area contributed by atoms with Crippen LogP contribution in [0.1, 0.15) is 36.5 Å². The molecule has 2 rings (SSSR count). The maximum absolute atomic E-state index is 12.8. The smallest absolute Gasteiger partial charge is 0.123 e. The molecule has 0 spiro atoms. The van der Waals surface area contributed by atoms with Gasteiger partial charge in [0.1, 0.15) is 17.3 Å². The summed E-state index contributed by atoms with van der Waals surface area (Å²) in [5.74, 6) is 1.48. The van der Waals surface area contributed by atoms with E-state index in [1.54, 1.807) is 12.1 Å². The van der Waals surface area contributed by atoms with Crippen molar-refractivity contribution in [2.45, 2.75) is 39.0 Å². The van der Waals surface area contributed by atoms with Gasteiger partial charge in [-0.05, 0) is 50.1 Å². The predicted octanol–water partition coefficient (Wildman–Crippen LogP) is 3.33. The Kier molecular flexibility index (Phi) is 4.93. The predicted molar refractivity (Wildman–Crippen MR) is 75.7 cm³/mol. The Balaban J connectivity index is 1.81. The van der Waals surface area contributed by atoms with Crippen molar-refractivity contribution in [3.05, 3.63) is 59.3 Å². The van der Waals surface area contributed by atoms with Crippen LogP contribution in [0, 0.1) is 12.7 Å². The van der Waals surface area contributed by atoms with Gasteiger partial charge in [-0.15, -0.1) is 0 Å². The molecule has 0 saturated carbocycles. The molecule has 0 fully saturated rings. The van der Waals surface area contributed by atoms with E-state index in [2.05, 4.69) is 5.32 Å². The molecule has 0 radical (unpaired) electrons. The molecular weight excluding hydrogens is 257 g/mol. The maximum Gasteiger partial charge on any atom is 0.123 e. The fourth-order valence-corrected chi connectivity index (χ4v) is 2.09. The molecule has 0 bridgehead atoms. The van der Waals surface area contributed by atoms with Gasteiger partial charge in [0.2, 0.25) is 0 Å². The van der Waals surface area contributed by atoms with E-state index in [4.69, 9.17) is 4.42 Å². The van der Waals surface area contributed by atoms with Crippen molar-refractivity contribution in [3.8, 4) is 0 Å². The van der Waals surface area contributed by atoms with Crippen molar-refractivity contribution >= 4 is 0 Å². The van der Waals surface area contributed by atoms with Crippen LogP contribution in [0.3, 0.4) is 0 Å². The minimum absolute atomic E-state index is 0.125. The van der Waals surface area contributed by atoms with Crippen molar-refractivity contribution in [2.75, 3.05) is 0 Å². The fourth-order valence-electron chi connectivity index (χ4n) is 2.09. The first kappa shape index (κ1) is 14.8. The Hall–Kier alpha value is -1.65. The third-order valence-corrected chi connectivity index (χ3v) is 3.25. The molecule has 2 aromatic rings. The average molecular weight is 277 g/mol. The minimum Gasteiger partial charge on any atom is -0.465 e. The van der Waals surface area contributed by atoms with Crippen LogP contribution in [-0.4, -0.2) is 11.1 Å². The van der Waals surface area contributed by atoms with Crippen molar-refractivity contribution in [1.82, 2.24) is 5.32 Å². The SMILES string of the molecule is Cc1ccc(CN[C@H](C)C[C@@H](O)c2ccc(F)cc2)o1. The summed E-state index contributed by atoms with van der Waals surface area (Å²) in [6, 6.07) is 9.94. The first-order chi connectivity index (χ1) is 9.54. The lowest BCUT2D eigenvalue weighted by molar-refractivity contribution is 0.153. The number of aryl methyl sites for hydroxylation is 1. The van der Waals surface area contributed by atoms with Gasteiger partial charge in [-0.3, -0.25) is 0 Å². The summed E-state index contributed by atoms with van der Waals surface area (Å²) in [5.41, 5.74) is 0.730. The van der Waals surface area contributed by atoms with E-state index >= 15 is 0 Å². The first-order valence-electron chi connectivity index (χ1n) is 6.77. The van der Waals surface area contributed by atoms with Crippen LogP contribution in [0.25, 0.3) is 0 Å². The number of furan rings is 1. The monoisotopic (exact) mass is 277 g/mol. The quantitative estimate of drug-likeness (QED) is 0.851. The zero-order valence-corrected chi connectivity index (χ0v) is 11.8. The Morgan fingerprint density at radius 3 is 2.50 bits per heavy atom. The number of rotatable bonds is 6. The molecule has 0 aliphatic carbocycles. The van der Waals surface area contributed by atoms with Gasteiger partial charge in [-0.2, -0.15) is 0 Å². The Morgan fingerprint density at radius 1 is 1.20 bits per heavy atom. The summed E-state index contributed by atoms with van der Waals surface area (Å²) in [6.07, 6.45) is -0.0397. The van der Waals surface area contributed by atoms with Gasteiger partial charge in [0.05, 0.1) is 12.6 Å². The van der Waals surface area contributed by atoms with Gasteiger partial charge in [-0.1, -0.05) is 12.1 Å². The highest BCUT2D eigenvalue weighted by atomic mass is 19.1. The van der Waals surface area contributed by atoms with Gasteiger partial charge in [0.25, 0.3) is 0 Å². The number of hydrogen-bond donors (Lipinski definition) is 2. The highest BCUT2D eigenvalue weighted by Gasteiger charge is 2.12. The lowest BCUT2D eigenvalue weighted by atomic mass is 10.0. The molecule has 1 aromatic carbocycles. The normalized spacial score (nSPS) is 14.2. The average Bonchev–Trinajstić information content (AvgIpc) is 2.83. The molecule has 3 nitrogen and oxygen atoms in total. The number of halogens is 1. The molecule has 0 unspecified atom stereocenters. The number of aliphatic hydroxyl groups is 1. The highest BCUT2D eigenvalue weighted by molar-refractivity contribution is 5.18. The topological polar surface area (TPSA) is 45.4 Å². The van der Waals surface area contributed by atoms with E-state index in [1.165, 1.54) is 12.1 Å². The lowest BCUT2D eigenvalue weighted by Crippen LogP contribution is -2.27. The van der Waals surface area contributed by atoms with Crippen LogP contribution in [0.5, 0.6) is 0 Å². The zero-order valence-electron chi connectivity index (χ0n) is 11.8. The minimum atomic E-state index is -0.601. The second-order valence-electron chi connectivity index (χ2n) is 5.10. The molecular formula is C16H20FNO2. The van der Waals surface area contributed by atoms with Crippen LogP contribution in [0.4, 0.5) is 4.39 Å². The lowest BCUT2D eigenvalue weighted by Gasteiger charge is -2.17. The highest BCUT2D eigenvalue weighted by Crippen LogP contribution is 2.18. The summed E-state index contributed by atoms with van der Waals surface area (Å²) >= 11 is 0. The van der Waals surface area contributed by atoms with Crippen molar-refractivity contribution < 1.29 is 13.9 Å². The van der Waals surface area contributed by atoms with E-state index < -0.39 is 6.10 Å². The molecule has 2 N–H and O–H groups in total. The molecule has 20 heavy (non-hydrogen) atoms. The maximum atomic E-state index is 12.8. The van der Waals surface area contributed by atoms with E-state index in [1.807, 2.05) is 26.0 Å². The molecule has 1 aromatic heterocycles. The Bertz CT molecular complexity index is 536. The van der Waals surface area contributed by atoms with Crippen LogP contribution >= 0.6 is 0 Å². The third kappa shape index (κ3) is 4.18. The summed E-state index contributed by atoms with van der Waals surface area (Å²) in [4.78, 5) is 0. The van der Waals surface area contributed by atoms with Gasteiger partial charge in [0.15, 0.2) is 0 Å². The largest absolute Gasteiger partial charge is 0.465 e. The van der Waals surface area contributed by atoms with Crippen LogP contribution in [0.15, 0.2) is 40.8 Å². The first-order valence-corrected chi connectivity index (χ1v) is 6.77. The molecule has 108 valence electrons. The molecule has 1 heterocycles. The second kappa shape index (κ2) is 6.68. The number of nitrogens with one attached hydrogen (secondary N) is 1. The standard InChI is InChI=1S/C16H20FNO2/c1-11(18-10-15-8-3-12(2)20-15)9-16(19)13-4-6-14(17)7-5-13/h3-8,11,16,18-19H,9-10H2,1-2H3/t11-,16-/m1/s1. The molecule has 0 amide bonds. The number of hydrogen-bond acceptors (Lipinski definition) is 3. The van der Waals surface area contributed by atoms with Crippen LogP contribution < -0.4 is 5.32 Å². The molecule has 0 aliphatic rings. The van der Waals surface area contributed by atoms with Gasteiger partial charge >= 0.3 is 0 Å². The van der Waals surface area contributed by atoms with E-state index in [0.29, 0.717) is 13.0 Å². The summed E-state index contributed by atoms with van der Waals surface area (Å²) in [7, 11) is 0. The molecule has 0 saturated heterocycles. The van der Waals surface area contributed by atoms with Crippen molar-refractivity contribution in [3.63, 3.8) is 0 Å². The van der Waals surface area contributed by atoms with Crippen molar-refractivity contribution in [2.24, 2.45) is 0 Å². The fraction of sp³-hybridized carbons (Fsp3) is 0.375. The number of aliphatic hydroxyl groups excluding tert-OH is 1. The van der Waals surface area contributed by atoms with Gasteiger partial charge in [-0.25, -0.2) is 4.39 Å². The molecule has 4 heteroatoms. The van der Waals surface area contributed by atoms with Crippen molar-refractivity contribution in [1.29, 1.82) is 0 Å². The zero-order chi connectivity index (χ0) is 14.5. The van der Waals surface area contributed by atoms with E-state index in [0.717, 1.165) is 17.1 Å². The second-order valence-corrected chi connectivity index (χ2v) is 5.10. The Morgan fingerprint density at radius 2 is 1.90 bits per heavy atom. The van der Waals surface area contributed by atoms with E-state index in [-0.39, 0.29) is 11.9 Å². The van der Waals surface area contributed by atoms with Crippen LogP contribution in [-0.2, 0) is 6.54 Å². The van der Waals surface area contributed by atoms with Gasteiger partial charge < -0.3 is 14.8 Å². The third-order valence-electron chi connectivity index (χ3n) is 3.25. The summed E-state index contributed by atoms with van der Waals surface area (Å²) in [6.45, 7) is 4.54. The Labute approximate surface area is 118 Å². The summed E-state index contributed by atoms with van der Waals surface area (Å²) in [5, 5.41) is 13.4. The van der Waals surface area contributed by atoms with Gasteiger partial charge in [0, 0.05) is 6.04 Å². The van der Waals surface area contributed by atoms with E-state index in [9.17, 15) is 9.50 Å². The summed E-state index contributed by atoms with van der Waals surface area (Å²) < 4.78 is 18.3.